The standard InChI is InChI=1S/C14H13F3/c1-9-7-12(8-10(9)2)11-3-5-13(6-4-11)14(15,16)17/h3-7H,8H2,1-2H3. The fraction of sp³-hybridized carbons (Fsp3) is 0.286. The molecule has 0 N–H and O–H groups in total. The highest BCUT2D eigenvalue weighted by molar-refractivity contribution is 5.74. The van der Waals surface area contributed by atoms with Crippen LogP contribution in [0.1, 0.15) is 31.4 Å². The molecule has 17 heavy (non-hydrogen) atoms. The van der Waals surface area contributed by atoms with Crippen LogP contribution in [0, 0.1) is 0 Å². The monoisotopic (exact) mass is 238 g/mol. The van der Waals surface area contributed by atoms with Gasteiger partial charge in [0.25, 0.3) is 0 Å². The second-order valence-electron chi connectivity index (χ2n) is 4.38. The maximum absolute atomic E-state index is 12.4. The Bertz CT molecular complexity index is 487. The first-order chi connectivity index (χ1) is 7.88. The van der Waals surface area contributed by atoms with Gasteiger partial charge in [-0.25, -0.2) is 0 Å². The number of rotatable bonds is 1. The summed E-state index contributed by atoms with van der Waals surface area (Å²) in [7, 11) is 0. The van der Waals surface area contributed by atoms with Crippen molar-refractivity contribution >= 4 is 5.57 Å². The molecule has 0 nitrogen and oxygen atoms in total. The minimum atomic E-state index is -4.26. The molecule has 0 unspecified atom stereocenters. The summed E-state index contributed by atoms with van der Waals surface area (Å²) in [6.07, 6.45) is -1.39. The van der Waals surface area contributed by atoms with Crippen molar-refractivity contribution in [2.45, 2.75) is 26.4 Å². The van der Waals surface area contributed by atoms with Crippen LogP contribution in [0.5, 0.6) is 0 Å². The molecule has 0 aliphatic heterocycles. The van der Waals surface area contributed by atoms with Gasteiger partial charge in [0.05, 0.1) is 5.56 Å². The predicted octanol–water partition coefficient (Wildman–Crippen LogP) is 4.83. The summed E-state index contributed by atoms with van der Waals surface area (Å²) < 4.78 is 37.2. The third-order valence-electron chi connectivity index (χ3n) is 3.10. The van der Waals surface area contributed by atoms with E-state index < -0.39 is 11.7 Å². The van der Waals surface area contributed by atoms with Gasteiger partial charge in [0.2, 0.25) is 0 Å². The molecule has 0 bridgehead atoms. The van der Waals surface area contributed by atoms with Gasteiger partial charge >= 0.3 is 6.18 Å². The molecule has 0 saturated carbocycles. The summed E-state index contributed by atoms with van der Waals surface area (Å²) >= 11 is 0. The van der Waals surface area contributed by atoms with E-state index in [9.17, 15) is 13.2 Å². The highest BCUT2D eigenvalue weighted by Crippen LogP contribution is 2.34. The number of benzene rings is 1. The average molecular weight is 238 g/mol. The van der Waals surface area contributed by atoms with Crippen molar-refractivity contribution < 1.29 is 13.2 Å². The van der Waals surface area contributed by atoms with Crippen LogP contribution in [0.25, 0.3) is 5.57 Å². The van der Waals surface area contributed by atoms with Crippen molar-refractivity contribution in [3.63, 3.8) is 0 Å². The summed E-state index contributed by atoms with van der Waals surface area (Å²) in [5.41, 5.74) is 3.85. The summed E-state index contributed by atoms with van der Waals surface area (Å²) in [5.74, 6) is 0. The zero-order chi connectivity index (χ0) is 12.6. The third-order valence-corrected chi connectivity index (χ3v) is 3.10. The van der Waals surface area contributed by atoms with E-state index in [0.29, 0.717) is 0 Å². The Kier molecular flexibility index (Phi) is 2.86. The summed E-state index contributed by atoms with van der Waals surface area (Å²) in [6.45, 7) is 4.06. The largest absolute Gasteiger partial charge is 0.416 e. The first-order valence-corrected chi connectivity index (χ1v) is 5.42. The van der Waals surface area contributed by atoms with Crippen molar-refractivity contribution in [3.8, 4) is 0 Å². The fourth-order valence-electron chi connectivity index (χ4n) is 1.92. The molecule has 90 valence electrons. The van der Waals surface area contributed by atoms with Gasteiger partial charge in [-0.3, -0.25) is 0 Å². The zero-order valence-corrected chi connectivity index (χ0v) is 9.73. The molecule has 0 saturated heterocycles. The Hall–Kier alpha value is -1.51. The quantitative estimate of drug-likeness (QED) is 0.657. The predicted molar refractivity (Wildman–Crippen MR) is 62.4 cm³/mol. The molecule has 0 atom stereocenters. The van der Waals surface area contributed by atoms with Gasteiger partial charge in [0.1, 0.15) is 0 Å². The number of alkyl halides is 3. The number of allylic oxidation sites excluding steroid dienone is 4. The van der Waals surface area contributed by atoms with Crippen molar-refractivity contribution in [1.82, 2.24) is 0 Å². The van der Waals surface area contributed by atoms with Crippen LogP contribution in [-0.2, 0) is 6.18 Å². The lowest BCUT2D eigenvalue weighted by atomic mass is 10.0. The molecule has 3 heteroatoms. The van der Waals surface area contributed by atoms with E-state index in [4.69, 9.17) is 0 Å². The van der Waals surface area contributed by atoms with E-state index in [-0.39, 0.29) is 0 Å². The molecular formula is C14H13F3. The fourth-order valence-corrected chi connectivity index (χ4v) is 1.92. The molecule has 0 fully saturated rings. The minimum absolute atomic E-state index is 0.596. The summed E-state index contributed by atoms with van der Waals surface area (Å²) in [6, 6.07) is 5.36. The molecule has 0 heterocycles. The van der Waals surface area contributed by atoms with E-state index in [1.807, 2.05) is 19.9 Å². The van der Waals surface area contributed by atoms with Crippen LogP contribution in [0.2, 0.25) is 0 Å². The molecule has 0 radical (unpaired) electrons. The Morgan fingerprint density at radius 1 is 1.00 bits per heavy atom. The maximum atomic E-state index is 12.4. The molecule has 1 aromatic carbocycles. The van der Waals surface area contributed by atoms with Crippen molar-refractivity contribution in [2.75, 3.05) is 0 Å². The third kappa shape index (κ3) is 2.43. The van der Waals surface area contributed by atoms with Gasteiger partial charge in [-0.15, -0.1) is 0 Å². The minimum Gasteiger partial charge on any atom is -0.166 e. The van der Waals surface area contributed by atoms with Crippen LogP contribution >= 0.6 is 0 Å². The molecule has 1 aliphatic carbocycles. The molecule has 1 aliphatic rings. The summed E-state index contributed by atoms with van der Waals surface area (Å²) in [5, 5.41) is 0. The number of hydrogen-bond acceptors (Lipinski definition) is 0. The normalized spacial score (nSPS) is 16.4. The molecule has 1 aromatic rings. The first-order valence-electron chi connectivity index (χ1n) is 5.42. The maximum Gasteiger partial charge on any atom is 0.416 e. The highest BCUT2D eigenvalue weighted by Gasteiger charge is 2.30. The summed E-state index contributed by atoms with van der Waals surface area (Å²) in [4.78, 5) is 0. The van der Waals surface area contributed by atoms with E-state index >= 15 is 0 Å². The lowest BCUT2D eigenvalue weighted by Crippen LogP contribution is -2.04. The Labute approximate surface area is 98.5 Å². The van der Waals surface area contributed by atoms with Crippen molar-refractivity contribution in [1.29, 1.82) is 0 Å². The number of halogens is 3. The average Bonchev–Trinajstić information content (AvgIpc) is 2.58. The van der Waals surface area contributed by atoms with Gasteiger partial charge in [0.15, 0.2) is 0 Å². The first kappa shape index (κ1) is 12.0. The van der Waals surface area contributed by atoms with Gasteiger partial charge in [-0.2, -0.15) is 13.2 Å². The van der Waals surface area contributed by atoms with Gasteiger partial charge in [-0.1, -0.05) is 29.4 Å². The van der Waals surface area contributed by atoms with E-state index in [1.54, 1.807) is 12.1 Å². The molecule has 0 amide bonds. The van der Waals surface area contributed by atoms with Crippen LogP contribution in [0.3, 0.4) is 0 Å². The lowest BCUT2D eigenvalue weighted by molar-refractivity contribution is -0.137. The number of hydrogen-bond donors (Lipinski definition) is 0. The Morgan fingerprint density at radius 3 is 2.00 bits per heavy atom. The van der Waals surface area contributed by atoms with Crippen molar-refractivity contribution in [3.05, 3.63) is 52.6 Å². The van der Waals surface area contributed by atoms with Crippen LogP contribution in [0.15, 0.2) is 41.5 Å². The second kappa shape index (κ2) is 4.06. The molecule has 2 rings (SSSR count). The topological polar surface area (TPSA) is 0 Å². The second-order valence-corrected chi connectivity index (χ2v) is 4.38. The Balaban J connectivity index is 2.24. The van der Waals surface area contributed by atoms with Crippen LogP contribution in [-0.4, -0.2) is 0 Å². The lowest BCUT2D eigenvalue weighted by Gasteiger charge is -2.08. The van der Waals surface area contributed by atoms with Gasteiger partial charge in [-0.05, 0) is 43.5 Å². The SMILES string of the molecule is CC1=C(C)CC(c2ccc(C(F)(F)F)cc2)=C1. The van der Waals surface area contributed by atoms with E-state index in [2.05, 4.69) is 0 Å². The highest BCUT2D eigenvalue weighted by atomic mass is 19.4. The molecule has 0 spiro atoms. The van der Waals surface area contributed by atoms with Gasteiger partial charge in [0, 0.05) is 0 Å². The van der Waals surface area contributed by atoms with Gasteiger partial charge < -0.3 is 0 Å². The smallest absolute Gasteiger partial charge is 0.166 e. The van der Waals surface area contributed by atoms with Crippen LogP contribution in [0.4, 0.5) is 13.2 Å². The van der Waals surface area contributed by atoms with Crippen LogP contribution < -0.4 is 0 Å². The molecule has 0 aromatic heterocycles. The molecular weight excluding hydrogens is 225 g/mol. The van der Waals surface area contributed by atoms with Crippen molar-refractivity contribution in [2.24, 2.45) is 0 Å². The van der Waals surface area contributed by atoms with E-state index in [1.165, 1.54) is 11.1 Å². The zero-order valence-electron chi connectivity index (χ0n) is 9.73. The Morgan fingerprint density at radius 2 is 1.59 bits per heavy atom. The van der Waals surface area contributed by atoms with E-state index in [0.717, 1.165) is 29.7 Å².